The molecule has 0 bridgehead atoms. The first kappa shape index (κ1) is 16.3. The Kier molecular flexibility index (Phi) is 3.92. The zero-order valence-electron chi connectivity index (χ0n) is 13.6. The zero-order valence-corrected chi connectivity index (χ0v) is 14.4. The second-order valence-corrected chi connectivity index (χ2v) is 7.31. The first-order valence-corrected chi connectivity index (χ1v) is 8.97. The Morgan fingerprint density at radius 3 is 2.62 bits per heavy atom. The molecule has 0 aliphatic carbocycles. The maximum absolute atomic E-state index is 12.5. The van der Waals surface area contributed by atoms with E-state index in [2.05, 4.69) is 14.7 Å². The molecule has 0 spiro atoms. The smallest absolute Gasteiger partial charge is 0.280 e. The molecular formula is C16H18N4O3S. The summed E-state index contributed by atoms with van der Waals surface area (Å²) in [7, 11) is -3.77. The van der Waals surface area contributed by atoms with Crippen LogP contribution in [0.3, 0.4) is 0 Å². The maximum atomic E-state index is 12.5. The highest BCUT2D eigenvalue weighted by molar-refractivity contribution is 7.92. The van der Waals surface area contributed by atoms with Gasteiger partial charge < -0.3 is 9.55 Å². The van der Waals surface area contributed by atoms with Gasteiger partial charge in [-0.3, -0.25) is 9.52 Å². The van der Waals surface area contributed by atoms with Crippen LogP contribution < -0.4 is 10.3 Å². The van der Waals surface area contributed by atoms with E-state index in [4.69, 9.17) is 0 Å². The van der Waals surface area contributed by atoms with Crippen molar-refractivity contribution < 1.29 is 8.42 Å². The molecule has 8 heteroatoms. The van der Waals surface area contributed by atoms with Crippen molar-refractivity contribution in [2.24, 2.45) is 0 Å². The first-order valence-electron chi connectivity index (χ1n) is 7.49. The summed E-state index contributed by atoms with van der Waals surface area (Å²) in [6.45, 7) is 6.14. The fourth-order valence-corrected chi connectivity index (χ4v) is 3.61. The molecule has 0 aliphatic heterocycles. The Balaban J connectivity index is 2.06. The number of pyridine rings is 1. The van der Waals surface area contributed by atoms with Gasteiger partial charge in [-0.25, -0.2) is 4.98 Å². The van der Waals surface area contributed by atoms with Gasteiger partial charge in [-0.05, 0) is 44.0 Å². The van der Waals surface area contributed by atoms with Crippen molar-refractivity contribution >= 4 is 26.6 Å². The monoisotopic (exact) mass is 346 g/mol. The van der Waals surface area contributed by atoms with Gasteiger partial charge in [0.2, 0.25) is 5.56 Å². The molecule has 2 heterocycles. The third-order valence-corrected chi connectivity index (χ3v) is 5.14. The van der Waals surface area contributed by atoms with Gasteiger partial charge in [0.15, 0.2) is 5.03 Å². The topological polar surface area (TPSA) is 96.8 Å². The number of aromatic nitrogens is 3. The van der Waals surface area contributed by atoms with Gasteiger partial charge in [-0.15, -0.1) is 0 Å². The largest absolute Gasteiger partial charge is 0.336 e. The second kappa shape index (κ2) is 5.79. The van der Waals surface area contributed by atoms with E-state index in [1.165, 1.54) is 18.6 Å². The number of sulfonamides is 1. The van der Waals surface area contributed by atoms with Gasteiger partial charge in [0.1, 0.15) is 0 Å². The fourth-order valence-electron chi connectivity index (χ4n) is 2.54. The lowest BCUT2D eigenvalue weighted by molar-refractivity contribution is 0.598. The van der Waals surface area contributed by atoms with Crippen LogP contribution in [0, 0.1) is 13.8 Å². The molecule has 0 saturated heterocycles. The molecule has 0 radical (unpaired) electrons. The van der Waals surface area contributed by atoms with Crippen molar-refractivity contribution in [3.8, 4) is 0 Å². The molecule has 3 aromatic rings. The highest BCUT2D eigenvalue weighted by Crippen LogP contribution is 2.25. The van der Waals surface area contributed by atoms with Crippen LogP contribution in [-0.4, -0.2) is 23.0 Å². The molecule has 2 N–H and O–H groups in total. The van der Waals surface area contributed by atoms with E-state index in [9.17, 15) is 13.2 Å². The summed E-state index contributed by atoms with van der Waals surface area (Å²) in [6.07, 6.45) is 2.97. The number of rotatable bonds is 4. The van der Waals surface area contributed by atoms with Crippen LogP contribution in [0.15, 0.2) is 40.5 Å². The highest BCUT2D eigenvalue weighted by atomic mass is 32.2. The fraction of sp³-hybridized carbons (Fsp3) is 0.250. The average Bonchev–Trinajstić information content (AvgIpc) is 2.98. The van der Waals surface area contributed by atoms with Crippen LogP contribution in [0.25, 0.3) is 10.9 Å². The average molecular weight is 346 g/mol. The van der Waals surface area contributed by atoms with Crippen molar-refractivity contribution in [2.75, 3.05) is 4.72 Å². The van der Waals surface area contributed by atoms with E-state index >= 15 is 0 Å². The number of H-pyrrole nitrogens is 1. The number of aryl methyl sites for hydroxylation is 3. The third-order valence-electron chi connectivity index (χ3n) is 3.89. The van der Waals surface area contributed by atoms with Gasteiger partial charge in [0, 0.05) is 29.7 Å². The molecular weight excluding hydrogens is 328 g/mol. The molecule has 3 rings (SSSR count). The third kappa shape index (κ3) is 2.92. The van der Waals surface area contributed by atoms with Crippen LogP contribution in [-0.2, 0) is 16.6 Å². The van der Waals surface area contributed by atoms with E-state index in [0.29, 0.717) is 23.3 Å². The second-order valence-electron chi connectivity index (χ2n) is 5.68. The van der Waals surface area contributed by atoms with E-state index in [1.54, 1.807) is 23.6 Å². The summed E-state index contributed by atoms with van der Waals surface area (Å²) in [6, 6.07) is 4.97. The number of anilines is 1. The first-order chi connectivity index (χ1) is 11.3. The lowest BCUT2D eigenvalue weighted by Gasteiger charge is -2.11. The maximum Gasteiger partial charge on any atom is 0.280 e. The SMILES string of the molecule is CCn1cnc(S(=O)(=O)Nc2cc3c(C)cc(=O)[nH]c3cc2C)c1. The Labute approximate surface area is 139 Å². The Morgan fingerprint density at radius 1 is 1.21 bits per heavy atom. The van der Waals surface area contributed by atoms with E-state index < -0.39 is 10.0 Å². The van der Waals surface area contributed by atoms with Crippen molar-refractivity contribution in [1.82, 2.24) is 14.5 Å². The van der Waals surface area contributed by atoms with E-state index in [0.717, 1.165) is 10.9 Å². The number of benzene rings is 1. The molecule has 0 amide bonds. The molecule has 2 aromatic heterocycles. The standard InChI is InChI=1S/C16H18N4O3S/c1-4-20-8-16(17-9-20)24(22,23)19-13-7-12-10(2)6-15(21)18-14(12)5-11(13)3/h5-9,19H,4H2,1-3H3,(H,18,21). The number of nitrogens with zero attached hydrogens (tertiary/aromatic N) is 2. The Morgan fingerprint density at radius 2 is 1.96 bits per heavy atom. The normalized spacial score (nSPS) is 11.8. The number of imidazole rings is 1. The Bertz CT molecular complexity index is 1080. The molecule has 0 unspecified atom stereocenters. The van der Waals surface area contributed by atoms with Crippen LogP contribution >= 0.6 is 0 Å². The highest BCUT2D eigenvalue weighted by Gasteiger charge is 2.19. The summed E-state index contributed by atoms with van der Waals surface area (Å²) in [5, 5.41) is 0.763. The number of hydrogen-bond donors (Lipinski definition) is 2. The van der Waals surface area contributed by atoms with E-state index in [-0.39, 0.29) is 10.6 Å². The minimum absolute atomic E-state index is 0.0259. The quantitative estimate of drug-likeness (QED) is 0.756. The number of nitrogens with one attached hydrogen (secondary N) is 2. The van der Waals surface area contributed by atoms with Crippen molar-refractivity contribution in [3.05, 3.63) is 52.2 Å². The molecule has 126 valence electrons. The van der Waals surface area contributed by atoms with Gasteiger partial charge in [0.05, 0.1) is 12.0 Å². The minimum Gasteiger partial charge on any atom is -0.336 e. The Hall–Kier alpha value is -2.61. The molecule has 7 nitrogen and oxygen atoms in total. The lowest BCUT2D eigenvalue weighted by Crippen LogP contribution is -2.14. The van der Waals surface area contributed by atoms with Crippen LogP contribution in [0.4, 0.5) is 5.69 Å². The van der Waals surface area contributed by atoms with Gasteiger partial charge >= 0.3 is 0 Å². The molecule has 1 aromatic carbocycles. The summed E-state index contributed by atoms with van der Waals surface area (Å²) >= 11 is 0. The predicted molar refractivity (Wildman–Crippen MR) is 92.8 cm³/mol. The summed E-state index contributed by atoms with van der Waals surface area (Å²) in [5.74, 6) is 0. The van der Waals surface area contributed by atoms with Crippen molar-refractivity contribution in [1.29, 1.82) is 0 Å². The van der Waals surface area contributed by atoms with Gasteiger partial charge in [-0.2, -0.15) is 8.42 Å². The number of aromatic amines is 1. The van der Waals surface area contributed by atoms with E-state index in [1.807, 2.05) is 13.8 Å². The number of hydrogen-bond acceptors (Lipinski definition) is 4. The molecule has 0 aliphatic rings. The van der Waals surface area contributed by atoms with Crippen LogP contribution in [0.1, 0.15) is 18.1 Å². The van der Waals surface area contributed by atoms with Crippen molar-refractivity contribution in [2.45, 2.75) is 32.3 Å². The molecule has 0 fully saturated rings. The molecule has 24 heavy (non-hydrogen) atoms. The zero-order chi connectivity index (χ0) is 17.5. The van der Waals surface area contributed by atoms with Gasteiger partial charge in [-0.1, -0.05) is 0 Å². The minimum atomic E-state index is -3.77. The molecule has 0 saturated carbocycles. The van der Waals surface area contributed by atoms with Crippen LogP contribution in [0.2, 0.25) is 0 Å². The summed E-state index contributed by atoms with van der Waals surface area (Å²) < 4.78 is 29.3. The lowest BCUT2D eigenvalue weighted by atomic mass is 10.1. The summed E-state index contributed by atoms with van der Waals surface area (Å²) in [5.41, 5.74) is 2.45. The van der Waals surface area contributed by atoms with Gasteiger partial charge in [0.25, 0.3) is 10.0 Å². The molecule has 0 atom stereocenters. The predicted octanol–water partition coefficient (Wildman–Crippen LogP) is 2.16. The van der Waals surface area contributed by atoms with Crippen molar-refractivity contribution in [3.63, 3.8) is 0 Å². The summed E-state index contributed by atoms with van der Waals surface area (Å²) in [4.78, 5) is 18.3. The van der Waals surface area contributed by atoms with Crippen LogP contribution in [0.5, 0.6) is 0 Å². The number of fused-ring (bicyclic) bond motifs is 1.